The van der Waals surface area contributed by atoms with Gasteiger partial charge in [-0.3, -0.25) is 4.79 Å². The molecule has 126 valence electrons. The fourth-order valence-corrected chi connectivity index (χ4v) is 4.03. The lowest BCUT2D eigenvalue weighted by Gasteiger charge is -2.16. The van der Waals surface area contributed by atoms with E-state index in [0.717, 1.165) is 35.1 Å². The summed E-state index contributed by atoms with van der Waals surface area (Å²) in [6.07, 6.45) is 0.762. The lowest BCUT2D eigenvalue weighted by Crippen LogP contribution is -2.33. The molecule has 1 aromatic heterocycles. The number of fused-ring (bicyclic) bond motifs is 1. The van der Waals surface area contributed by atoms with Crippen LogP contribution in [-0.4, -0.2) is 33.4 Å². The summed E-state index contributed by atoms with van der Waals surface area (Å²) in [6, 6.07) is 8.69. The van der Waals surface area contributed by atoms with Gasteiger partial charge in [0, 0.05) is 17.6 Å². The molecule has 9 heteroatoms. The molecule has 24 heavy (non-hydrogen) atoms. The number of nitrogens with zero attached hydrogens (tertiary/aromatic N) is 1. The molecule has 1 aliphatic rings. The first-order valence-electron chi connectivity index (χ1n) is 7.03. The van der Waals surface area contributed by atoms with Gasteiger partial charge in [0.1, 0.15) is 4.21 Å². The summed E-state index contributed by atoms with van der Waals surface area (Å²) >= 11 is 0.826. The molecule has 0 saturated heterocycles. The minimum atomic E-state index is -3.86. The molecule has 0 aliphatic carbocycles. The number of carbonyl (C=O) groups is 2. The number of ether oxygens (including phenoxy) is 1. The second-order valence-corrected chi connectivity index (χ2v) is 7.90. The number of rotatable bonds is 4. The van der Waals surface area contributed by atoms with E-state index in [1.165, 1.54) is 5.38 Å². The van der Waals surface area contributed by atoms with Crippen molar-refractivity contribution < 1.29 is 22.7 Å². The third kappa shape index (κ3) is 3.32. The van der Waals surface area contributed by atoms with Crippen LogP contribution < -0.4 is 10.0 Å². The van der Waals surface area contributed by atoms with E-state index in [1.807, 2.05) is 24.3 Å². The summed E-state index contributed by atoms with van der Waals surface area (Å²) in [5, 5.41) is 6.32. The van der Waals surface area contributed by atoms with Gasteiger partial charge < -0.3 is 9.64 Å². The van der Waals surface area contributed by atoms with Crippen molar-refractivity contribution in [3.8, 4) is 0 Å². The van der Waals surface area contributed by atoms with Crippen LogP contribution in [0.2, 0.25) is 0 Å². The van der Waals surface area contributed by atoms with Gasteiger partial charge in [-0.2, -0.15) is 0 Å². The number of anilines is 1. The van der Waals surface area contributed by atoms with Crippen molar-refractivity contribution in [3.63, 3.8) is 0 Å². The van der Waals surface area contributed by atoms with Gasteiger partial charge in [-0.1, -0.05) is 18.2 Å². The molecule has 0 bridgehead atoms. The third-order valence-corrected chi connectivity index (χ3v) is 5.99. The number of primary sulfonamides is 1. The first kappa shape index (κ1) is 16.6. The largest absolute Gasteiger partial charge is 0.452 e. The second kappa shape index (κ2) is 6.34. The van der Waals surface area contributed by atoms with Crippen molar-refractivity contribution >= 4 is 38.9 Å². The maximum absolute atomic E-state index is 12.2. The van der Waals surface area contributed by atoms with E-state index in [9.17, 15) is 18.0 Å². The zero-order valence-corrected chi connectivity index (χ0v) is 14.1. The highest BCUT2D eigenvalue weighted by Gasteiger charge is 2.25. The summed E-state index contributed by atoms with van der Waals surface area (Å²) in [5.41, 5.74) is 1.96. The molecule has 0 spiro atoms. The third-order valence-electron chi connectivity index (χ3n) is 3.61. The van der Waals surface area contributed by atoms with Crippen LogP contribution in [0.3, 0.4) is 0 Å². The predicted octanol–water partition coefficient (Wildman–Crippen LogP) is 1.14. The molecule has 0 fully saturated rings. The Balaban J connectivity index is 1.63. The number of benzene rings is 1. The molecule has 7 nitrogen and oxygen atoms in total. The van der Waals surface area contributed by atoms with Crippen LogP contribution in [0.5, 0.6) is 0 Å². The lowest BCUT2D eigenvalue weighted by molar-refractivity contribution is -0.121. The number of sulfonamides is 1. The number of thiophene rings is 1. The number of amides is 1. The lowest BCUT2D eigenvalue weighted by atomic mass is 10.2. The Hall–Kier alpha value is -2.23. The molecule has 1 amide bonds. The number of hydrogen-bond acceptors (Lipinski definition) is 6. The standard InChI is InChI=1S/C15H14N2O5S2/c16-24(20,21)14-7-11(9-23-14)15(19)22-8-13(18)17-6-5-10-3-1-2-4-12(10)17/h1-4,7,9H,5-6,8H2,(H2,16,20,21). The first-order valence-corrected chi connectivity index (χ1v) is 9.45. The van der Waals surface area contributed by atoms with E-state index in [-0.39, 0.29) is 15.7 Å². The molecule has 2 N–H and O–H groups in total. The van der Waals surface area contributed by atoms with Crippen molar-refractivity contribution in [1.82, 2.24) is 0 Å². The van der Waals surface area contributed by atoms with Crippen LogP contribution in [0.1, 0.15) is 15.9 Å². The minimum absolute atomic E-state index is 0.0543. The van der Waals surface area contributed by atoms with Crippen molar-refractivity contribution in [2.24, 2.45) is 5.14 Å². The van der Waals surface area contributed by atoms with Crippen molar-refractivity contribution in [2.45, 2.75) is 10.6 Å². The monoisotopic (exact) mass is 366 g/mol. The number of hydrogen-bond donors (Lipinski definition) is 1. The molecule has 0 atom stereocenters. The van der Waals surface area contributed by atoms with Crippen LogP contribution in [0, 0.1) is 0 Å². The van der Waals surface area contributed by atoms with Crippen molar-refractivity contribution in [1.29, 1.82) is 0 Å². The van der Waals surface area contributed by atoms with Gasteiger partial charge in [0.15, 0.2) is 6.61 Å². The normalized spacial score (nSPS) is 13.6. The average Bonchev–Trinajstić information content (AvgIpc) is 3.18. The molecule has 1 aromatic carbocycles. The maximum Gasteiger partial charge on any atom is 0.339 e. The fraction of sp³-hybridized carbons (Fsp3) is 0.200. The Labute approximate surface area is 142 Å². The Bertz CT molecular complexity index is 904. The van der Waals surface area contributed by atoms with Gasteiger partial charge >= 0.3 is 5.97 Å². The van der Waals surface area contributed by atoms with Crippen LogP contribution in [-0.2, 0) is 26.0 Å². The van der Waals surface area contributed by atoms with Crippen LogP contribution in [0.15, 0.2) is 39.9 Å². The molecule has 0 radical (unpaired) electrons. The number of carbonyl (C=O) groups excluding carboxylic acids is 2. The Morgan fingerprint density at radius 1 is 1.29 bits per heavy atom. The van der Waals surface area contributed by atoms with E-state index in [1.54, 1.807) is 4.90 Å². The Morgan fingerprint density at radius 3 is 2.75 bits per heavy atom. The fourth-order valence-electron chi connectivity index (χ4n) is 2.46. The molecule has 0 saturated carbocycles. The van der Waals surface area contributed by atoms with E-state index >= 15 is 0 Å². The summed E-state index contributed by atoms with van der Waals surface area (Å²) < 4.78 is 27.3. The summed E-state index contributed by atoms with van der Waals surface area (Å²) in [4.78, 5) is 25.7. The number of nitrogens with two attached hydrogens (primary N) is 1. The van der Waals surface area contributed by atoms with Gasteiger partial charge in [0.2, 0.25) is 10.0 Å². The van der Waals surface area contributed by atoms with Crippen LogP contribution in [0.4, 0.5) is 5.69 Å². The molecular weight excluding hydrogens is 352 g/mol. The van der Waals surface area contributed by atoms with Gasteiger partial charge in [0.05, 0.1) is 5.56 Å². The predicted molar refractivity (Wildman–Crippen MR) is 88.5 cm³/mol. The van der Waals surface area contributed by atoms with E-state index in [2.05, 4.69) is 0 Å². The second-order valence-electron chi connectivity index (χ2n) is 5.20. The average molecular weight is 366 g/mol. The zero-order chi connectivity index (χ0) is 17.3. The summed E-state index contributed by atoms with van der Waals surface area (Å²) in [5.74, 6) is -1.09. The molecular formula is C15H14N2O5S2. The van der Waals surface area contributed by atoms with Crippen LogP contribution in [0.25, 0.3) is 0 Å². The molecule has 1 aliphatic heterocycles. The smallest absolute Gasteiger partial charge is 0.339 e. The Kier molecular flexibility index (Phi) is 4.39. The topological polar surface area (TPSA) is 107 Å². The Morgan fingerprint density at radius 2 is 2.04 bits per heavy atom. The van der Waals surface area contributed by atoms with E-state index in [0.29, 0.717) is 6.54 Å². The highest BCUT2D eigenvalue weighted by Crippen LogP contribution is 2.27. The van der Waals surface area contributed by atoms with Crippen molar-refractivity contribution in [2.75, 3.05) is 18.1 Å². The molecule has 2 heterocycles. The van der Waals surface area contributed by atoms with Crippen molar-refractivity contribution in [3.05, 3.63) is 46.8 Å². The number of para-hydroxylation sites is 1. The minimum Gasteiger partial charge on any atom is -0.452 e. The molecule has 2 aromatic rings. The van der Waals surface area contributed by atoms with E-state index < -0.39 is 22.6 Å². The van der Waals surface area contributed by atoms with Gasteiger partial charge in [-0.15, -0.1) is 11.3 Å². The van der Waals surface area contributed by atoms with Crippen LogP contribution >= 0.6 is 11.3 Å². The molecule has 0 unspecified atom stereocenters. The molecule has 3 rings (SSSR count). The first-order chi connectivity index (χ1) is 11.4. The quantitative estimate of drug-likeness (QED) is 0.817. The van der Waals surface area contributed by atoms with E-state index in [4.69, 9.17) is 9.88 Å². The highest BCUT2D eigenvalue weighted by molar-refractivity contribution is 7.91. The van der Waals surface area contributed by atoms with Gasteiger partial charge in [-0.05, 0) is 24.1 Å². The summed E-state index contributed by atoms with van der Waals surface area (Å²) in [6.45, 7) is 0.136. The van der Waals surface area contributed by atoms with Gasteiger partial charge in [0.25, 0.3) is 5.91 Å². The van der Waals surface area contributed by atoms with Gasteiger partial charge in [-0.25, -0.2) is 18.4 Å². The number of esters is 1. The zero-order valence-electron chi connectivity index (χ0n) is 12.5. The summed E-state index contributed by atoms with van der Waals surface area (Å²) in [7, 11) is -3.86. The maximum atomic E-state index is 12.2. The highest BCUT2D eigenvalue weighted by atomic mass is 32.2. The SMILES string of the molecule is NS(=O)(=O)c1cc(C(=O)OCC(=O)N2CCc3ccccc32)cs1.